The van der Waals surface area contributed by atoms with Crippen LogP contribution in [0.5, 0.6) is 0 Å². The molecule has 0 amide bonds. The van der Waals surface area contributed by atoms with E-state index < -0.39 is 14.0 Å². The fraction of sp³-hybridized carbons (Fsp3) is 0.417. The minimum Gasteiger partial charge on any atom is -0.347 e. The Balaban J connectivity index is 3.06. The van der Waals surface area contributed by atoms with Gasteiger partial charge in [0.1, 0.15) is 5.82 Å². The Labute approximate surface area is 97.0 Å². The normalized spacial score (nSPS) is 15.2. The highest BCUT2D eigenvalue weighted by Crippen LogP contribution is 2.30. The molecular formula is C12H16FNOSi. The summed E-state index contributed by atoms with van der Waals surface area (Å²) < 4.78 is 18.7. The van der Waals surface area contributed by atoms with E-state index in [1.54, 1.807) is 19.1 Å². The number of rotatable bonds is 3. The zero-order valence-corrected chi connectivity index (χ0v) is 11.0. The zero-order valence-electron chi connectivity index (χ0n) is 10.0. The van der Waals surface area contributed by atoms with Crippen molar-refractivity contribution in [1.82, 2.24) is 0 Å². The van der Waals surface area contributed by atoms with Crippen molar-refractivity contribution in [3.05, 3.63) is 47.1 Å². The second kappa shape index (κ2) is 4.36. The molecule has 0 aliphatic heterocycles. The van der Waals surface area contributed by atoms with Gasteiger partial charge in [-0.05, 0) is 43.9 Å². The van der Waals surface area contributed by atoms with Crippen LogP contribution < -0.4 is 0 Å². The van der Waals surface area contributed by atoms with Gasteiger partial charge >= 0.3 is 5.72 Å². The summed E-state index contributed by atoms with van der Waals surface area (Å²) in [6.07, 6.45) is 0. The van der Waals surface area contributed by atoms with Gasteiger partial charge in [-0.3, -0.25) is 4.85 Å². The van der Waals surface area contributed by atoms with Gasteiger partial charge in [0.2, 0.25) is 0 Å². The maximum Gasteiger partial charge on any atom is 0.352 e. The monoisotopic (exact) mass is 237 g/mol. The summed E-state index contributed by atoms with van der Waals surface area (Å²) >= 11 is 0. The highest BCUT2D eigenvalue weighted by molar-refractivity contribution is 6.69. The average Bonchev–Trinajstić information content (AvgIpc) is 2.16. The Morgan fingerprint density at radius 2 is 1.75 bits per heavy atom. The fourth-order valence-electron chi connectivity index (χ4n) is 1.50. The van der Waals surface area contributed by atoms with Crippen molar-refractivity contribution in [2.24, 2.45) is 0 Å². The van der Waals surface area contributed by atoms with Crippen molar-refractivity contribution in [1.29, 1.82) is 0 Å². The van der Waals surface area contributed by atoms with Gasteiger partial charge in [0.25, 0.3) is 0 Å². The highest BCUT2D eigenvalue weighted by atomic mass is 28.4. The number of hydrogen-bond acceptors (Lipinski definition) is 1. The van der Waals surface area contributed by atoms with Gasteiger partial charge in [0.05, 0.1) is 5.56 Å². The average molecular weight is 237 g/mol. The van der Waals surface area contributed by atoms with Crippen LogP contribution in [0.3, 0.4) is 0 Å². The molecule has 86 valence electrons. The van der Waals surface area contributed by atoms with E-state index in [0.29, 0.717) is 5.56 Å². The third kappa shape index (κ3) is 3.16. The lowest BCUT2D eigenvalue weighted by molar-refractivity contribution is 0.129. The molecule has 16 heavy (non-hydrogen) atoms. The number of halogens is 1. The topological polar surface area (TPSA) is 13.6 Å². The van der Waals surface area contributed by atoms with Gasteiger partial charge in [-0.2, -0.15) is 0 Å². The largest absolute Gasteiger partial charge is 0.352 e. The lowest BCUT2D eigenvalue weighted by atomic mass is 10.1. The van der Waals surface area contributed by atoms with E-state index in [2.05, 4.69) is 4.85 Å². The molecule has 0 aliphatic carbocycles. The molecule has 4 heteroatoms. The molecule has 0 spiro atoms. The summed E-state index contributed by atoms with van der Waals surface area (Å²) in [4.78, 5) is 3.55. The fourth-order valence-corrected chi connectivity index (χ4v) is 2.86. The maximum atomic E-state index is 12.8. The van der Waals surface area contributed by atoms with Crippen molar-refractivity contribution in [2.75, 3.05) is 0 Å². The van der Waals surface area contributed by atoms with Crippen LogP contribution in [0.4, 0.5) is 4.39 Å². The molecule has 1 aromatic rings. The third-order valence-electron chi connectivity index (χ3n) is 2.10. The molecule has 0 aromatic heterocycles. The predicted octanol–water partition coefficient (Wildman–Crippen LogP) is 3.77. The molecule has 0 fully saturated rings. The van der Waals surface area contributed by atoms with E-state index >= 15 is 0 Å². The molecule has 1 aromatic carbocycles. The van der Waals surface area contributed by atoms with Gasteiger partial charge in [-0.1, -0.05) is 0 Å². The van der Waals surface area contributed by atoms with Crippen LogP contribution in [-0.2, 0) is 10.2 Å². The van der Waals surface area contributed by atoms with Crippen LogP contribution in [0.25, 0.3) is 4.85 Å². The van der Waals surface area contributed by atoms with Crippen LogP contribution in [0, 0.1) is 12.4 Å². The molecule has 0 aliphatic rings. The number of hydrogen-bond donors (Lipinski definition) is 0. The number of nitrogens with zero attached hydrogens (tertiary/aromatic N) is 1. The van der Waals surface area contributed by atoms with Crippen LogP contribution >= 0.6 is 0 Å². The van der Waals surface area contributed by atoms with Crippen molar-refractivity contribution in [3.8, 4) is 0 Å². The van der Waals surface area contributed by atoms with Crippen LogP contribution in [0.1, 0.15) is 12.5 Å². The summed E-state index contributed by atoms with van der Waals surface area (Å²) in [6, 6.07) is 5.92. The molecule has 1 unspecified atom stereocenters. The second-order valence-electron chi connectivity index (χ2n) is 4.82. The second-order valence-corrected chi connectivity index (χ2v) is 9.24. The summed E-state index contributed by atoms with van der Waals surface area (Å²) in [5.74, 6) is -0.302. The van der Waals surface area contributed by atoms with Crippen LogP contribution in [-0.4, -0.2) is 8.32 Å². The minimum absolute atomic E-state index is 0.302. The lowest BCUT2D eigenvalue weighted by Crippen LogP contribution is -2.36. The molecular weight excluding hydrogens is 221 g/mol. The zero-order chi connectivity index (χ0) is 12.4. The maximum absolute atomic E-state index is 12.8. The first-order chi connectivity index (χ1) is 7.27. The third-order valence-corrected chi connectivity index (χ3v) is 3.11. The SMILES string of the molecule is [C-]#[N+]C(C)(O[Si](C)(C)C)c1ccc(F)cc1. The molecule has 0 radical (unpaired) electrons. The molecule has 1 atom stereocenters. The van der Waals surface area contributed by atoms with Crippen molar-refractivity contribution in [2.45, 2.75) is 32.3 Å². The minimum atomic E-state index is -1.82. The summed E-state index contributed by atoms with van der Waals surface area (Å²) in [5.41, 5.74) is -0.302. The van der Waals surface area contributed by atoms with Crippen molar-refractivity contribution >= 4 is 8.32 Å². The Hall–Kier alpha value is -1.18. The van der Waals surface area contributed by atoms with Gasteiger partial charge in [-0.25, -0.2) is 11.0 Å². The van der Waals surface area contributed by atoms with Gasteiger partial charge in [-0.15, -0.1) is 0 Å². The van der Waals surface area contributed by atoms with Crippen LogP contribution in [0.15, 0.2) is 24.3 Å². The molecule has 0 N–H and O–H groups in total. The lowest BCUT2D eigenvalue weighted by Gasteiger charge is -2.26. The van der Waals surface area contributed by atoms with E-state index in [0.717, 1.165) is 0 Å². The van der Waals surface area contributed by atoms with E-state index in [9.17, 15) is 4.39 Å². The van der Waals surface area contributed by atoms with Gasteiger partial charge in [0.15, 0.2) is 8.32 Å². The quantitative estimate of drug-likeness (QED) is 0.576. The molecule has 0 bridgehead atoms. The molecule has 0 saturated heterocycles. The summed E-state index contributed by atoms with van der Waals surface area (Å²) in [5, 5.41) is 0. The Bertz CT molecular complexity index is 405. The summed E-state index contributed by atoms with van der Waals surface area (Å²) in [7, 11) is -1.82. The van der Waals surface area contributed by atoms with E-state index in [1.807, 2.05) is 19.6 Å². The first-order valence-electron chi connectivity index (χ1n) is 5.12. The highest BCUT2D eigenvalue weighted by Gasteiger charge is 2.39. The summed E-state index contributed by atoms with van der Waals surface area (Å²) in [6.45, 7) is 15.1. The van der Waals surface area contributed by atoms with Gasteiger partial charge in [0, 0.05) is 6.92 Å². The molecule has 0 heterocycles. The van der Waals surface area contributed by atoms with E-state index in [-0.39, 0.29) is 5.82 Å². The smallest absolute Gasteiger partial charge is 0.347 e. The van der Waals surface area contributed by atoms with Crippen molar-refractivity contribution < 1.29 is 8.82 Å². The Morgan fingerprint density at radius 1 is 1.25 bits per heavy atom. The first-order valence-corrected chi connectivity index (χ1v) is 8.52. The van der Waals surface area contributed by atoms with E-state index in [1.165, 1.54) is 12.1 Å². The van der Waals surface area contributed by atoms with Gasteiger partial charge < -0.3 is 4.43 Å². The van der Waals surface area contributed by atoms with Crippen LogP contribution in [0.2, 0.25) is 19.6 Å². The first kappa shape index (κ1) is 12.9. The molecule has 2 nitrogen and oxygen atoms in total. The Morgan fingerprint density at radius 3 is 2.12 bits per heavy atom. The predicted molar refractivity (Wildman–Crippen MR) is 64.8 cm³/mol. The Kier molecular flexibility index (Phi) is 3.51. The van der Waals surface area contributed by atoms with E-state index in [4.69, 9.17) is 11.0 Å². The molecule has 0 saturated carbocycles. The van der Waals surface area contributed by atoms with Crippen molar-refractivity contribution in [3.63, 3.8) is 0 Å². The standard InChI is InChI=1S/C12H16FNOSi/c1-12(14-2,15-16(3,4)5)10-6-8-11(13)9-7-10/h6-9H,1,3-5H3. The number of benzene rings is 1. The molecule has 1 rings (SSSR count).